The van der Waals surface area contributed by atoms with Crippen molar-refractivity contribution in [3.05, 3.63) is 23.8 Å². The number of carbonyl (C=O) groups excluding carboxylic acids is 2. The highest BCUT2D eigenvalue weighted by atomic mass is 28.4. The second-order valence-corrected chi connectivity index (χ2v) is 28.7. The van der Waals surface area contributed by atoms with Gasteiger partial charge in [0.1, 0.15) is 6.10 Å². The van der Waals surface area contributed by atoms with E-state index in [0.717, 1.165) is 38.5 Å². The quantitative estimate of drug-likeness (QED) is 0.0920. The minimum Gasteiger partial charge on any atom is -0.461 e. The number of hydrogen-bond donors (Lipinski definition) is 1. The van der Waals surface area contributed by atoms with Crippen LogP contribution < -0.4 is 5.32 Å². The van der Waals surface area contributed by atoms with Crippen LogP contribution in [0.25, 0.3) is 0 Å². The molecule has 0 saturated heterocycles. The van der Waals surface area contributed by atoms with E-state index in [1.807, 2.05) is 13.8 Å². The lowest BCUT2D eigenvalue weighted by atomic mass is 9.65. The molecule has 0 unspecified atom stereocenters. The van der Waals surface area contributed by atoms with E-state index < -0.39 is 22.0 Å². The molecule has 284 valence electrons. The fourth-order valence-corrected chi connectivity index (χ4v) is 9.37. The van der Waals surface area contributed by atoms with Crippen LogP contribution in [0.15, 0.2) is 23.8 Å². The van der Waals surface area contributed by atoms with E-state index in [1.54, 1.807) is 0 Å². The van der Waals surface area contributed by atoms with Crippen LogP contribution in [-0.4, -0.2) is 53.4 Å². The molecule has 6 nitrogen and oxygen atoms in total. The van der Waals surface area contributed by atoms with Crippen LogP contribution in [0.2, 0.25) is 36.3 Å². The molecule has 0 aromatic rings. The van der Waals surface area contributed by atoms with Gasteiger partial charge in [0, 0.05) is 18.6 Å². The number of ether oxygens (including phenoxy) is 1. The summed E-state index contributed by atoms with van der Waals surface area (Å²) in [5.41, 5.74) is 0.819. The molecule has 0 radical (unpaired) electrons. The van der Waals surface area contributed by atoms with Crippen LogP contribution in [0.1, 0.15) is 134 Å². The Balaban J connectivity index is 2.46. The van der Waals surface area contributed by atoms with E-state index in [9.17, 15) is 9.59 Å². The van der Waals surface area contributed by atoms with Gasteiger partial charge in [-0.1, -0.05) is 93.9 Å². The smallest absolute Gasteiger partial charge is 0.311 e. The topological polar surface area (TPSA) is 73.9 Å². The number of hydrogen-bond acceptors (Lipinski definition) is 5. The monoisotopic (exact) mass is 720 g/mol. The first-order chi connectivity index (χ1) is 22.3. The SMILES string of the molecule is CCCCNC(=O)C[C@@H](C[C@H](CC[C@@H]1[C@@H]2C(=C[C@H](C)C[C@@H]2OC(=O)C(C)(C)CC)C=C[C@@H]1C)O[Si](C)(C)C(C)(C)C)O[Si](C)(C)C(C)(C)C. The van der Waals surface area contributed by atoms with Crippen LogP contribution in [-0.2, 0) is 23.2 Å². The van der Waals surface area contributed by atoms with Crippen molar-refractivity contribution in [2.45, 2.75) is 189 Å². The standard InChI is InChI=1S/C41H77NO5Si2/c1-17-19-24-42-36(43)28-33(47-49(15,16)40(8,9)10)27-32(46-48(13,14)39(5,6)7)22-23-34-30(4)20-21-31-25-29(3)26-35(37(31)34)45-38(44)41(11,12)18-2/h20-21,25,29-30,32-35,37H,17-19,22-24,26-28H2,1-16H3,(H,42,43)/t29-,30-,32-,33+,34-,35-,37-/m0/s1. The van der Waals surface area contributed by atoms with Gasteiger partial charge in [0.25, 0.3) is 0 Å². The summed E-state index contributed by atoms with van der Waals surface area (Å²) in [5, 5.41) is 3.24. The summed E-state index contributed by atoms with van der Waals surface area (Å²) in [7, 11) is -4.31. The van der Waals surface area contributed by atoms with Gasteiger partial charge in [0.05, 0.1) is 17.9 Å². The molecule has 0 aliphatic heterocycles. The Morgan fingerprint density at radius 1 is 0.918 bits per heavy atom. The lowest BCUT2D eigenvalue weighted by Gasteiger charge is -2.45. The van der Waals surface area contributed by atoms with E-state index in [0.29, 0.717) is 37.1 Å². The Hall–Kier alpha value is -1.23. The minimum atomic E-state index is -2.16. The second-order valence-electron chi connectivity index (χ2n) is 19.2. The van der Waals surface area contributed by atoms with Crippen molar-refractivity contribution in [1.82, 2.24) is 5.32 Å². The largest absolute Gasteiger partial charge is 0.461 e. The number of fused-ring (bicyclic) bond motifs is 1. The van der Waals surface area contributed by atoms with E-state index >= 15 is 0 Å². The predicted octanol–water partition coefficient (Wildman–Crippen LogP) is 11.0. The number of esters is 1. The summed E-state index contributed by atoms with van der Waals surface area (Å²) < 4.78 is 20.8. The summed E-state index contributed by atoms with van der Waals surface area (Å²) in [6.07, 6.45) is 13.2. The van der Waals surface area contributed by atoms with Gasteiger partial charge in [0.15, 0.2) is 16.6 Å². The maximum atomic E-state index is 13.4. The van der Waals surface area contributed by atoms with Crippen molar-refractivity contribution in [3.63, 3.8) is 0 Å². The number of carbonyl (C=O) groups is 2. The molecule has 7 atom stereocenters. The molecule has 2 rings (SSSR count). The third kappa shape index (κ3) is 12.5. The first kappa shape index (κ1) is 43.9. The summed E-state index contributed by atoms with van der Waals surface area (Å²) in [6, 6.07) is 0. The minimum absolute atomic E-state index is 0.0310. The molecule has 0 spiro atoms. The molecule has 0 aromatic heterocycles. The molecular weight excluding hydrogens is 643 g/mol. The van der Waals surface area contributed by atoms with Crippen LogP contribution in [0, 0.1) is 29.1 Å². The maximum absolute atomic E-state index is 13.4. The lowest BCUT2D eigenvalue weighted by Crippen LogP contribution is -2.48. The van der Waals surface area contributed by atoms with Crippen molar-refractivity contribution in [1.29, 1.82) is 0 Å². The van der Waals surface area contributed by atoms with E-state index in [2.05, 4.69) is 119 Å². The maximum Gasteiger partial charge on any atom is 0.311 e. The summed E-state index contributed by atoms with van der Waals surface area (Å²) in [6.45, 7) is 36.4. The third-order valence-corrected chi connectivity index (χ3v) is 21.5. The highest BCUT2D eigenvalue weighted by molar-refractivity contribution is 6.74. The van der Waals surface area contributed by atoms with E-state index in [1.165, 1.54) is 5.57 Å². The van der Waals surface area contributed by atoms with Crippen molar-refractivity contribution >= 4 is 28.5 Å². The molecule has 8 heteroatoms. The van der Waals surface area contributed by atoms with Gasteiger partial charge in [-0.3, -0.25) is 9.59 Å². The Kier molecular flexibility index (Phi) is 15.7. The van der Waals surface area contributed by atoms with E-state index in [4.69, 9.17) is 13.6 Å². The van der Waals surface area contributed by atoms with Gasteiger partial charge in [-0.15, -0.1) is 0 Å². The zero-order valence-corrected chi connectivity index (χ0v) is 36.7. The Morgan fingerprint density at radius 2 is 1.49 bits per heavy atom. The lowest BCUT2D eigenvalue weighted by molar-refractivity contribution is -0.164. The number of allylic oxidation sites excluding steroid dienone is 3. The number of rotatable bonds is 17. The van der Waals surface area contributed by atoms with Crippen molar-refractivity contribution in [2.75, 3.05) is 6.54 Å². The van der Waals surface area contributed by atoms with E-state index in [-0.39, 0.29) is 46.2 Å². The first-order valence-electron chi connectivity index (χ1n) is 19.6. The van der Waals surface area contributed by atoms with Crippen molar-refractivity contribution in [3.8, 4) is 0 Å². The zero-order valence-electron chi connectivity index (χ0n) is 34.7. The average Bonchev–Trinajstić information content (AvgIpc) is 2.95. The molecule has 0 fully saturated rings. The summed E-state index contributed by atoms with van der Waals surface area (Å²) in [5.74, 6) is 1.20. The zero-order chi connectivity index (χ0) is 37.6. The molecule has 2 aliphatic carbocycles. The molecule has 0 heterocycles. The fraction of sp³-hybridized carbons (Fsp3) is 0.854. The number of nitrogens with one attached hydrogen (secondary N) is 1. The predicted molar refractivity (Wildman–Crippen MR) is 212 cm³/mol. The molecule has 49 heavy (non-hydrogen) atoms. The summed E-state index contributed by atoms with van der Waals surface area (Å²) in [4.78, 5) is 26.7. The van der Waals surface area contributed by atoms with Crippen LogP contribution in [0.4, 0.5) is 0 Å². The van der Waals surface area contributed by atoms with Crippen LogP contribution >= 0.6 is 0 Å². The molecule has 0 aromatic carbocycles. The Labute approximate surface area is 304 Å². The van der Waals surface area contributed by atoms with Gasteiger partial charge in [0.2, 0.25) is 5.91 Å². The van der Waals surface area contributed by atoms with Gasteiger partial charge < -0.3 is 18.9 Å². The molecule has 1 N–H and O–H groups in total. The first-order valence-corrected chi connectivity index (χ1v) is 25.4. The van der Waals surface area contributed by atoms with Crippen LogP contribution in [0.3, 0.4) is 0 Å². The molecule has 0 bridgehead atoms. The van der Waals surface area contributed by atoms with Crippen molar-refractivity contribution < 1.29 is 23.2 Å². The van der Waals surface area contributed by atoms with Gasteiger partial charge >= 0.3 is 5.97 Å². The Morgan fingerprint density at radius 3 is 2.02 bits per heavy atom. The third-order valence-electron chi connectivity index (χ3n) is 12.4. The van der Waals surface area contributed by atoms with Gasteiger partial charge in [-0.2, -0.15) is 0 Å². The highest BCUT2D eigenvalue weighted by Crippen LogP contribution is 2.47. The number of unbranched alkanes of at least 4 members (excludes halogenated alkanes) is 1. The normalized spacial score (nSPS) is 24.9. The number of amides is 1. The Bertz CT molecular complexity index is 1150. The van der Waals surface area contributed by atoms with Crippen molar-refractivity contribution in [2.24, 2.45) is 29.1 Å². The molecule has 1 amide bonds. The molecule has 2 aliphatic rings. The van der Waals surface area contributed by atoms with Crippen LogP contribution in [0.5, 0.6) is 0 Å². The second kappa shape index (κ2) is 17.5. The fourth-order valence-electron chi connectivity index (χ4n) is 6.60. The highest BCUT2D eigenvalue weighted by Gasteiger charge is 2.45. The molecular formula is C41H77NO5Si2. The van der Waals surface area contributed by atoms with Gasteiger partial charge in [-0.25, -0.2) is 0 Å². The summed E-state index contributed by atoms with van der Waals surface area (Å²) >= 11 is 0. The molecule has 0 saturated carbocycles. The van der Waals surface area contributed by atoms with Gasteiger partial charge in [-0.05, 0) is 112 Å². The average molecular weight is 720 g/mol.